The van der Waals surface area contributed by atoms with E-state index in [2.05, 4.69) is 154 Å². The second-order valence-corrected chi connectivity index (χ2v) is 22.7. The third kappa shape index (κ3) is 68.2. The standard InChI is InChI=1S/C77H128O6/c1-4-7-10-13-16-19-22-25-28-31-33-35-37-38-40-41-43-46-49-52-55-58-61-64-67-70-76(79)82-73-74(72-81-75(78)69-66-63-60-57-54-51-48-45-30-27-24-21-18-15-12-9-6-3)83-77(80)71-68-65-62-59-56-53-50-47-44-42-39-36-34-32-29-26-23-20-17-14-11-8-5-2/h8-9,11-12,17-18,20-21,26-27,29-30,34,36,42,44,48,50-51,53,57,60,74H,4-7,10,13-16,19,22-25,28,31-33,35,37-41,43,45-47,49,52,54-56,58-59,61-73H2,1-3H3/b11-8-,12-9-,20-17-,21-18-,29-26-,30-27-,36-34-,44-42-,51-48-,53-50-,60-57-. The van der Waals surface area contributed by atoms with Gasteiger partial charge in [0.25, 0.3) is 0 Å². The summed E-state index contributed by atoms with van der Waals surface area (Å²) in [5, 5.41) is 0. The van der Waals surface area contributed by atoms with E-state index in [1.165, 1.54) is 141 Å². The first kappa shape index (κ1) is 78.5. The fourth-order valence-electron chi connectivity index (χ4n) is 9.54. The zero-order valence-electron chi connectivity index (χ0n) is 54.2. The van der Waals surface area contributed by atoms with Crippen LogP contribution >= 0.6 is 0 Å². The minimum Gasteiger partial charge on any atom is -0.462 e. The van der Waals surface area contributed by atoms with E-state index < -0.39 is 6.10 Å². The Kier molecular flexibility index (Phi) is 66.3. The highest BCUT2D eigenvalue weighted by atomic mass is 16.6. The van der Waals surface area contributed by atoms with Gasteiger partial charge in [0.1, 0.15) is 13.2 Å². The Balaban J connectivity index is 4.45. The van der Waals surface area contributed by atoms with Gasteiger partial charge in [0.2, 0.25) is 0 Å². The molecule has 0 aliphatic heterocycles. The Labute approximate surface area is 513 Å². The predicted octanol–water partition coefficient (Wildman–Crippen LogP) is 24.1. The number of unbranched alkanes of at least 4 members (excludes halogenated alkanes) is 29. The first-order valence-corrected chi connectivity index (χ1v) is 34.7. The summed E-state index contributed by atoms with van der Waals surface area (Å²) in [6.07, 6.45) is 99.1. The van der Waals surface area contributed by atoms with E-state index in [9.17, 15) is 14.4 Å². The minimum absolute atomic E-state index is 0.108. The van der Waals surface area contributed by atoms with Crippen molar-refractivity contribution in [2.75, 3.05) is 13.2 Å². The lowest BCUT2D eigenvalue weighted by Gasteiger charge is -2.18. The number of carbonyl (C=O) groups excluding carboxylic acids is 3. The Morgan fingerprint density at radius 1 is 0.253 bits per heavy atom. The Morgan fingerprint density at radius 2 is 0.482 bits per heavy atom. The second kappa shape index (κ2) is 70.0. The maximum atomic E-state index is 12.9. The molecule has 0 fully saturated rings. The number of allylic oxidation sites excluding steroid dienone is 22. The highest BCUT2D eigenvalue weighted by Gasteiger charge is 2.19. The van der Waals surface area contributed by atoms with E-state index in [0.717, 1.165) is 128 Å². The zero-order valence-corrected chi connectivity index (χ0v) is 54.2. The number of carbonyl (C=O) groups is 3. The van der Waals surface area contributed by atoms with Gasteiger partial charge in [-0.05, 0) is 109 Å². The van der Waals surface area contributed by atoms with Gasteiger partial charge in [0, 0.05) is 19.3 Å². The Morgan fingerprint density at radius 3 is 0.783 bits per heavy atom. The molecule has 1 atom stereocenters. The van der Waals surface area contributed by atoms with Gasteiger partial charge < -0.3 is 14.2 Å². The first-order valence-electron chi connectivity index (χ1n) is 34.7. The van der Waals surface area contributed by atoms with Crippen LogP contribution < -0.4 is 0 Å². The fraction of sp³-hybridized carbons (Fsp3) is 0.675. The van der Waals surface area contributed by atoms with Crippen molar-refractivity contribution in [3.05, 3.63) is 134 Å². The van der Waals surface area contributed by atoms with E-state index in [4.69, 9.17) is 14.2 Å². The normalized spacial score (nSPS) is 13.0. The molecule has 1 unspecified atom stereocenters. The molecule has 0 aromatic heterocycles. The minimum atomic E-state index is -0.821. The highest BCUT2D eigenvalue weighted by molar-refractivity contribution is 5.71. The predicted molar refractivity (Wildman–Crippen MR) is 362 cm³/mol. The van der Waals surface area contributed by atoms with Crippen LogP contribution in [0.25, 0.3) is 0 Å². The number of hydrogen-bond acceptors (Lipinski definition) is 6. The van der Waals surface area contributed by atoms with Crippen LogP contribution in [-0.4, -0.2) is 37.2 Å². The van der Waals surface area contributed by atoms with Crippen LogP contribution in [0.2, 0.25) is 0 Å². The summed E-state index contributed by atoms with van der Waals surface area (Å²) in [7, 11) is 0. The van der Waals surface area contributed by atoms with Gasteiger partial charge >= 0.3 is 17.9 Å². The van der Waals surface area contributed by atoms with Crippen molar-refractivity contribution < 1.29 is 28.6 Å². The van der Waals surface area contributed by atoms with Crippen molar-refractivity contribution in [3.63, 3.8) is 0 Å². The molecular weight excluding hydrogens is 1020 g/mol. The lowest BCUT2D eigenvalue weighted by Crippen LogP contribution is -2.30. The summed E-state index contributed by atoms with van der Waals surface area (Å²) in [5.41, 5.74) is 0. The van der Waals surface area contributed by atoms with E-state index in [1.54, 1.807) is 0 Å². The number of esters is 3. The van der Waals surface area contributed by atoms with Crippen molar-refractivity contribution in [3.8, 4) is 0 Å². The molecular formula is C77H128O6. The molecule has 0 radical (unpaired) electrons. The summed E-state index contributed by atoms with van der Waals surface area (Å²) in [6, 6.07) is 0. The molecule has 0 aliphatic carbocycles. The molecule has 472 valence electrons. The molecule has 0 heterocycles. The molecule has 0 bridgehead atoms. The van der Waals surface area contributed by atoms with Crippen molar-refractivity contribution >= 4 is 17.9 Å². The average Bonchev–Trinajstić information content (AvgIpc) is 3.49. The third-order valence-electron chi connectivity index (χ3n) is 14.7. The lowest BCUT2D eigenvalue weighted by atomic mass is 10.0. The van der Waals surface area contributed by atoms with Gasteiger partial charge in [-0.3, -0.25) is 14.4 Å². The molecule has 6 nitrogen and oxygen atoms in total. The molecule has 0 aromatic rings. The Hall–Kier alpha value is -4.45. The summed E-state index contributed by atoms with van der Waals surface area (Å²) in [5.74, 6) is -0.986. The third-order valence-corrected chi connectivity index (χ3v) is 14.7. The smallest absolute Gasteiger partial charge is 0.306 e. The lowest BCUT2D eigenvalue weighted by molar-refractivity contribution is -0.167. The molecule has 0 N–H and O–H groups in total. The van der Waals surface area contributed by atoms with Crippen LogP contribution in [0.4, 0.5) is 0 Å². The van der Waals surface area contributed by atoms with Gasteiger partial charge in [-0.25, -0.2) is 0 Å². The summed E-state index contributed by atoms with van der Waals surface area (Å²) < 4.78 is 16.9. The van der Waals surface area contributed by atoms with Gasteiger partial charge in [-0.1, -0.05) is 321 Å². The SMILES string of the molecule is CC/C=C\C/C=C\C/C=C\C/C=C\C/C=C\C/C=C\CCCCCCC(=O)OC(COC(=O)CCC/C=C\C/C=C\C/C=C\C/C=C\C/C=C\CC)COC(=O)CCCCCCCCCCCCCCCCCCCCCCCCCCC. The van der Waals surface area contributed by atoms with Crippen LogP contribution in [0.15, 0.2) is 134 Å². The van der Waals surface area contributed by atoms with Gasteiger partial charge in [0.15, 0.2) is 6.10 Å². The quantitative estimate of drug-likeness (QED) is 0.0261. The number of ether oxygens (including phenoxy) is 3. The maximum Gasteiger partial charge on any atom is 0.306 e. The van der Waals surface area contributed by atoms with Crippen LogP contribution in [0, 0.1) is 0 Å². The van der Waals surface area contributed by atoms with Crippen LogP contribution in [-0.2, 0) is 28.6 Å². The zero-order chi connectivity index (χ0) is 59.9. The van der Waals surface area contributed by atoms with E-state index in [1.807, 2.05) is 0 Å². The Bertz CT molecular complexity index is 1750. The first-order chi connectivity index (χ1) is 41.0. The van der Waals surface area contributed by atoms with Crippen molar-refractivity contribution in [2.24, 2.45) is 0 Å². The molecule has 0 amide bonds. The average molecular weight is 1150 g/mol. The molecule has 0 saturated carbocycles. The van der Waals surface area contributed by atoms with Crippen LogP contribution in [0.3, 0.4) is 0 Å². The van der Waals surface area contributed by atoms with Gasteiger partial charge in [-0.15, -0.1) is 0 Å². The van der Waals surface area contributed by atoms with Gasteiger partial charge in [-0.2, -0.15) is 0 Å². The molecule has 0 spiro atoms. The summed E-state index contributed by atoms with van der Waals surface area (Å²) >= 11 is 0. The second-order valence-electron chi connectivity index (χ2n) is 22.7. The van der Waals surface area contributed by atoms with Gasteiger partial charge in [0.05, 0.1) is 0 Å². The molecule has 0 saturated heterocycles. The van der Waals surface area contributed by atoms with E-state index in [-0.39, 0.29) is 44.0 Å². The number of hydrogen-bond donors (Lipinski definition) is 0. The topological polar surface area (TPSA) is 78.9 Å². The fourth-order valence-corrected chi connectivity index (χ4v) is 9.54. The van der Waals surface area contributed by atoms with E-state index in [0.29, 0.717) is 12.8 Å². The summed E-state index contributed by atoms with van der Waals surface area (Å²) in [4.78, 5) is 38.4. The molecule has 0 rings (SSSR count). The largest absolute Gasteiger partial charge is 0.462 e. The van der Waals surface area contributed by atoms with Crippen molar-refractivity contribution in [1.29, 1.82) is 0 Å². The maximum absolute atomic E-state index is 12.9. The van der Waals surface area contributed by atoms with E-state index >= 15 is 0 Å². The highest BCUT2D eigenvalue weighted by Crippen LogP contribution is 2.17. The summed E-state index contributed by atoms with van der Waals surface area (Å²) in [6.45, 7) is 6.37. The van der Waals surface area contributed by atoms with Crippen molar-refractivity contribution in [2.45, 2.75) is 322 Å². The van der Waals surface area contributed by atoms with Crippen LogP contribution in [0.1, 0.15) is 316 Å². The molecule has 6 heteroatoms. The molecule has 0 aliphatic rings. The number of rotatable bonds is 62. The molecule has 0 aromatic carbocycles. The molecule has 83 heavy (non-hydrogen) atoms. The van der Waals surface area contributed by atoms with Crippen molar-refractivity contribution in [1.82, 2.24) is 0 Å². The van der Waals surface area contributed by atoms with Crippen LogP contribution in [0.5, 0.6) is 0 Å². The monoisotopic (exact) mass is 1150 g/mol.